The van der Waals surface area contributed by atoms with Gasteiger partial charge in [0.2, 0.25) is 0 Å². The fraction of sp³-hybridized carbons (Fsp3) is 0.167. The van der Waals surface area contributed by atoms with Crippen molar-refractivity contribution in [1.29, 1.82) is 0 Å². The fourth-order valence-electron chi connectivity index (χ4n) is 1.72. The lowest BCUT2D eigenvalue weighted by Gasteiger charge is -2.02. The number of aromatic nitrogens is 1. The molecular formula is C18H19NO. The zero-order valence-electron chi connectivity index (χ0n) is 12.2. The maximum absolute atomic E-state index is 5.14. The van der Waals surface area contributed by atoms with E-state index in [0.717, 1.165) is 22.4 Å². The van der Waals surface area contributed by atoms with Crippen LogP contribution in [0.2, 0.25) is 0 Å². The largest absolute Gasteiger partial charge is 0.363 e. The molecule has 1 rings (SSSR count). The van der Waals surface area contributed by atoms with Gasteiger partial charge in [0.1, 0.15) is 12.0 Å². The van der Waals surface area contributed by atoms with E-state index in [2.05, 4.69) is 23.6 Å². The molecule has 0 saturated heterocycles. The highest BCUT2D eigenvalue weighted by Gasteiger charge is 2.12. The molecule has 0 bridgehead atoms. The summed E-state index contributed by atoms with van der Waals surface area (Å²) < 4.78 is 5.14. The summed E-state index contributed by atoms with van der Waals surface area (Å²) in [6, 6.07) is 0. The lowest BCUT2D eigenvalue weighted by molar-refractivity contribution is 0.417. The molecule has 0 aliphatic heterocycles. The van der Waals surface area contributed by atoms with E-state index < -0.39 is 0 Å². The Bertz CT molecular complexity index is 628. The third-order valence-electron chi connectivity index (χ3n) is 2.60. The first kappa shape index (κ1) is 15.5. The molecule has 0 aliphatic rings. The number of hydrogen-bond acceptors (Lipinski definition) is 2. The Kier molecular flexibility index (Phi) is 6.64. The van der Waals surface area contributed by atoms with Crippen LogP contribution in [0.25, 0.3) is 11.1 Å². The Balaban J connectivity index is 3.27. The van der Waals surface area contributed by atoms with Gasteiger partial charge in [-0.3, -0.25) is 0 Å². The molecule has 0 spiro atoms. The summed E-state index contributed by atoms with van der Waals surface area (Å²) >= 11 is 0. The van der Waals surface area contributed by atoms with Crippen LogP contribution in [-0.4, -0.2) is 5.16 Å². The van der Waals surface area contributed by atoms with Gasteiger partial charge in [0.25, 0.3) is 0 Å². The minimum Gasteiger partial charge on any atom is -0.363 e. The average Bonchev–Trinajstić information content (AvgIpc) is 2.92. The second-order valence-corrected chi connectivity index (χ2v) is 3.91. The molecular weight excluding hydrogens is 246 g/mol. The van der Waals surface area contributed by atoms with Crippen molar-refractivity contribution in [2.24, 2.45) is 0 Å². The molecule has 1 aromatic rings. The van der Waals surface area contributed by atoms with Gasteiger partial charge in [-0.15, -0.1) is 5.92 Å². The molecule has 0 radical (unpaired) electrons. The topological polar surface area (TPSA) is 26.0 Å². The standard InChI is InChI=1S/C18H19NO/c1-5-9-10-13-15(8-4)18-17(14-20-19-18)16(11-6-2)12-7-3/h6-8,10-14H,2H2,1,3-4H3/b12-7-,13-10-,15-8+,16-11+. The van der Waals surface area contributed by atoms with E-state index >= 15 is 0 Å². The zero-order chi connectivity index (χ0) is 14.8. The van der Waals surface area contributed by atoms with Gasteiger partial charge in [-0.25, -0.2) is 0 Å². The van der Waals surface area contributed by atoms with Crippen molar-refractivity contribution in [2.75, 3.05) is 0 Å². The Morgan fingerprint density at radius 3 is 2.70 bits per heavy atom. The predicted molar refractivity (Wildman–Crippen MR) is 85.7 cm³/mol. The predicted octanol–water partition coefficient (Wildman–Crippen LogP) is 4.80. The van der Waals surface area contributed by atoms with Gasteiger partial charge < -0.3 is 4.52 Å². The van der Waals surface area contributed by atoms with Crippen LogP contribution in [0.4, 0.5) is 0 Å². The van der Waals surface area contributed by atoms with E-state index in [1.54, 1.807) is 25.3 Å². The second kappa shape index (κ2) is 8.55. The lowest BCUT2D eigenvalue weighted by atomic mass is 10.0. The van der Waals surface area contributed by atoms with Crippen molar-refractivity contribution in [3.05, 3.63) is 66.6 Å². The summed E-state index contributed by atoms with van der Waals surface area (Å²) in [6.07, 6.45) is 15.0. The molecule has 0 saturated carbocycles. The first-order chi connectivity index (χ1) is 9.78. The van der Waals surface area contributed by atoms with Gasteiger partial charge in [-0.1, -0.05) is 48.0 Å². The van der Waals surface area contributed by atoms with Gasteiger partial charge >= 0.3 is 0 Å². The Morgan fingerprint density at radius 2 is 2.10 bits per heavy atom. The quantitative estimate of drug-likeness (QED) is 0.564. The van der Waals surface area contributed by atoms with Gasteiger partial charge in [-0.2, -0.15) is 0 Å². The Hall–Kier alpha value is -2.53. The van der Waals surface area contributed by atoms with E-state index in [1.165, 1.54) is 0 Å². The average molecular weight is 265 g/mol. The summed E-state index contributed by atoms with van der Waals surface area (Å²) in [6.45, 7) is 9.48. The highest BCUT2D eigenvalue weighted by molar-refractivity contribution is 5.85. The molecule has 0 amide bonds. The van der Waals surface area contributed by atoms with Crippen LogP contribution in [0.1, 0.15) is 32.0 Å². The third-order valence-corrected chi connectivity index (χ3v) is 2.60. The molecule has 20 heavy (non-hydrogen) atoms. The number of hydrogen-bond donors (Lipinski definition) is 0. The van der Waals surface area contributed by atoms with Gasteiger partial charge in [0.15, 0.2) is 0 Å². The summed E-state index contributed by atoms with van der Waals surface area (Å²) in [7, 11) is 0. The first-order valence-electron chi connectivity index (χ1n) is 6.44. The van der Waals surface area contributed by atoms with E-state index in [-0.39, 0.29) is 0 Å². The van der Waals surface area contributed by atoms with E-state index in [1.807, 2.05) is 44.2 Å². The van der Waals surface area contributed by atoms with Crippen LogP contribution < -0.4 is 0 Å². The van der Waals surface area contributed by atoms with Gasteiger partial charge in [0, 0.05) is 11.1 Å². The number of nitrogens with zero attached hydrogens (tertiary/aromatic N) is 1. The zero-order valence-corrected chi connectivity index (χ0v) is 12.2. The van der Waals surface area contributed by atoms with Crippen molar-refractivity contribution in [1.82, 2.24) is 5.16 Å². The minimum atomic E-state index is 0.799. The maximum Gasteiger partial charge on any atom is 0.132 e. The maximum atomic E-state index is 5.14. The second-order valence-electron chi connectivity index (χ2n) is 3.91. The molecule has 0 aromatic carbocycles. The summed E-state index contributed by atoms with van der Waals surface area (Å²) in [5.74, 6) is 5.73. The van der Waals surface area contributed by atoms with Crippen molar-refractivity contribution in [3.63, 3.8) is 0 Å². The molecule has 0 unspecified atom stereocenters. The lowest BCUT2D eigenvalue weighted by Crippen LogP contribution is -1.88. The molecule has 102 valence electrons. The summed E-state index contributed by atoms with van der Waals surface area (Å²) in [5.41, 5.74) is 3.71. The van der Waals surface area contributed by atoms with E-state index in [0.29, 0.717) is 0 Å². The van der Waals surface area contributed by atoms with Crippen molar-refractivity contribution in [3.8, 4) is 11.8 Å². The fourth-order valence-corrected chi connectivity index (χ4v) is 1.72. The first-order valence-corrected chi connectivity index (χ1v) is 6.44. The number of allylic oxidation sites excluding steroid dienone is 9. The van der Waals surface area contributed by atoms with Crippen LogP contribution in [0.15, 0.2) is 59.9 Å². The highest BCUT2D eigenvalue weighted by atomic mass is 16.5. The molecule has 0 fully saturated rings. The Labute approximate surface area is 120 Å². The molecule has 2 heteroatoms. The molecule has 2 nitrogen and oxygen atoms in total. The van der Waals surface area contributed by atoms with Crippen LogP contribution in [0, 0.1) is 11.8 Å². The van der Waals surface area contributed by atoms with E-state index in [4.69, 9.17) is 4.52 Å². The highest BCUT2D eigenvalue weighted by Crippen LogP contribution is 2.26. The van der Waals surface area contributed by atoms with Crippen molar-refractivity contribution in [2.45, 2.75) is 20.8 Å². The number of rotatable bonds is 5. The van der Waals surface area contributed by atoms with Crippen LogP contribution in [0.3, 0.4) is 0 Å². The molecule has 0 atom stereocenters. The minimum absolute atomic E-state index is 0.799. The monoisotopic (exact) mass is 265 g/mol. The molecule has 0 aliphatic carbocycles. The molecule has 0 N–H and O–H groups in total. The SMILES string of the molecule is C=C/C=C(\C=C/C)c1conc1C(/C=C\C#CC)=C/C. The van der Waals surface area contributed by atoms with Gasteiger partial charge in [-0.05, 0) is 38.5 Å². The summed E-state index contributed by atoms with van der Waals surface area (Å²) in [5, 5.41) is 4.10. The molecule has 1 heterocycles. The van der Waals surface area contributed by atoms with Crippen LogP contribution >= 0.6 is 0 Å². The normalized spacial score (nSPS) is 12.8. The van der Waals surface area contributed by atoms with E-state index in [9.17, 15) is 0 Å². The van der Waals surface area contributed by atoms with Crippen molar-refractivity contribution >= 4 is 11.1 Å². The van der Waals surface area contributed by atoms with Crippen LogP contribution in [-0.2, 0) is 0 Å². The van der Waals surface area contributed by atoms with Crippen molar-refractivity contribution < 1.29 is 4.52 Å². The summed E-state index contributed by atoms with van der Waals surface area (Å²) in [4.78, 5) is 0. The van der Waals surface area contributed by atoms with Crippen LogP contribution in [0.5, 0.6) is 0 Å². The Morgan fingerprint density at radius 1 is 1.30 bits per heavy atom. The molecule has 1 aromatic heterocycles. The van der Waals surface area contributed by atoms with Gasteiger partial charge in [0.05, 0.1) is 0 Å². The smallest absolute Gasteiger partial charge is 0.132 e. The third kappa shape index (κ3) is 4.00.